The zero-order valence-corrected chi connectivity index (χ0v) is 10.6. The molecule has 1 heterocycles. The molecule has 0 aliphatic heterocycles. The lowest BCUT2D eigenvalue weighted by Gasteiger charge is -2.08. The monoisotopic (exact) mass is 272 g/mol. The molecule has 1 aromatic heterocycles. The molecule has 0 amide bonds. The molecule has 0 spiro atoms. The minimum Gasteiger partial charge on any atom is -0.236 e. The first-order chi connectivity index (χ1) is 7.61. The van der Waals surface area contributed by atoms with Crippen molar-refractivity contribution in [1.29, 1.82) is 0 Å². The first-order valence-corrected chi connectivity index (χ1v) is 5.66. The summed E-state index contributed by atoms with van der Waals surface area (Å²) < 4.78 is 0. The molecule has 0 unspecified atom stereocenters. The third-order valence-electron chi connectivity index (χ3n) is 2.23. The quantitative estimate of drug-likeness (QED) is 0.719. The Bertz CT molecular complexity index is 491. The van der Waals surface area contributed by atoms with Crippen molar-refractivity contribution >= 4 is 34.8 Å². The molecular formula is C11H7Cl3N2. The van der Waals surface area contributed by atoms with Crippen LogP contribution in [0.25, 0.3) is 11.3 Å². The van der Waals surface area contributed by atoms with E-state index < -0.39 is 0 Å². The molecule has 0 aliphatic carbocycles. The maximum atomic E-state index is 6.12. The molecule has 0 saturated carbocycles. The predicted molar refractivity (Wildman–Crippen MR) is 67.2 cm³/mol. The highest BCUT2D eigenvalue weighted by Gasteiger charge is 2.12. The molecule has 1 aromatic carbocycles. The van der Waals surface area contributed by atoms with Gasteiger partial charge in [0, 0.05) is 11.1 Å². The smallest absolute Gasteiger partial charge is 0.135 e. The third-order valence-corrected chi connectivity index (χ3v) is 3.43. The number of hydrogen-bond donors (Lipinski definition) is 0. The first kappa shape index (κ1) is 11.6. The van der Waals surface area contributed by atoms with Gasteiger partial charge in [-0.15, -0.1) is 0 Å². The second-order valence-electron chi connectivity index (χ2n) is 3.24. The van der Waals surface area contributed by atoms with Crippen LogP contribution >= 0.6 is 34.8 Å². The van der Waals surface area contributed by atoms with E-state index >= 15 is 0 Å². The first-order valence-electron chi connectivity index (χ1n) is 4.52. The fourth-order valence-electron chi connectivity index (χ4n) is 1.39. The fraction of sp³-hybridized carbons (Fsp3) is 0.0909. The molecule has 0 N–H and O–H groups in total. The van der Waals surface area contributed by atoms with Crippen LogP contribution in [0.1, 0.15) is 5.56 Å². The minimum absolute atomic E-state index is 0.418. The Balaban J connectivity index is 2.68. The van der Waals surface area contributed by atoms with Crippen molar-refractivity contribution < 1.29 is 0 Å². The molecule has 0 bridgehead atoms. The van der Waals surface area contributed by atoms with E-state index in [9.17, 15) is 0 Å². The van der Waals surface area contributed by atoms with Gasteiger partial charge in [0.2, 0.25) is 0 Å². The van der Waals surface area contributed by atoms with Crippen LogP contribution in [0.2, 0.25) is 15.2 Å². The van der Waals surface area contributed by atoms with Crippen molar-refractivity contribution in [2.45, 2.75) is 6.92 Å². The third kappa shape index (κ3) is 2.01. The zero-order chi connectivity index (χ0) is 11.7. The summed E-state index contributed by atoms with van der Waals surface area (Å²) in [7, 11) is 0. The molecule has 2 aromatic rings. The fourth-order valence-corrected chi connectivity index (χ4v) is 1.91. The Morgan fingerprint density at radius 3 is 2.56 bits per heavy atom. The van der Waals surface area contributed by atoms with Crippen molar-refractivity contribution in [3.05, 3.63) is 45.3 Å². The number of rotatable bonds is 1. The summed E-state index contributed by atoms with van der Waals surface area (Å²) in [5.41, 5.74) is 2.25. The van der Waals surface area contributed by atoms with E-state index in [2.05, 4.69) is 9.97 Å². The molecule has 0 saturated heterocycles. The molecule has 16 heavy (non-hydrogen) atoms. The van der Waals surface area contributed by atoms with Crippen LogP contribution in [-0.2, 0) is 0 Å². The maximum absolute atomic E-state index is 6.12. The molecule has 2 nitrogen and oxygen atoms in total. The number of aromatic nitrogens is 2. The summed E-state index contributed by atoms with van der Waals surface area (Å²) in [6, 6.07) is 5.39. The zero-order valence-electron chi connectivity index (χ0n) is 8.34. The Morgan fingerprint density at radius 1 is 1.06 bits per heavy atom. The molecule has 0 radical (unpaired) electrons. The average molecular weight is 274 g/mol. The Morgan fingerprint density at radius 2 is 1.81 bits per heavy atom. The largest absolute Gasteiger partial charge is 0.236 e. The average Bonchev–Trinajstić information content (AvgIpc) is 2.27. The summed E-state index contributed by atoms with van der Waals surface area (Å²) in [5, 5.41) is 1.39. The Kier molecular flexibility index (Phi) is 3.33. The number of halogens is 3. The van der Waals surface area contributed by atoms with Gasteiger partial charge in [-0.25, -0.2) is 9.97 Å². The van der Waals surface area contributed by atoms with Gasteiger partial charge < -0.3 is 0 Å². The van der Waals surface area contributed by atoms with Gasteiger partial charge in [-0.2, -0.15) is 0 Å². The van der Waals surface area contributed by atoms with Gasteiger partial charge in [0.15, 0.2) is 0 Å². The van der Waals surface area contributed by atoms with E-state index in [1.807, 2.05) is 19.1 Å². The van der Waals surface area contributed by atoms with Gasteiger partial charge in [0.25, 0.3) is 0 Å². The van der Waals surface area contributed by atoms with Gasteiger partial charge in [0.1, 0.15) is 11.5 Å². The lowest BCUT2D eigenvalue weighted by molar-refractivity contribution is 1.13. The van der Waals surface area contributed by atoms with E-state index in [4.69, 9.17) is 34.8 Å². The molecule has 5 heteroatoms. The van der Waals surface area contributed by atoms with E-state index in [1.54, 1.807) is 6.07 Å². The Labute approximate surface area is 108 Å². The highest BCUT2D eigenvalue weighted by Crippen LogP contribution is 2.34. The lowest BCUT2D eigenvalue weighted by atomic mass is 10.1. The second-order valence-corrected chi connectivity index (χ2v) is 4.38. The molecule has 0 aliphatic rings. The molecule has 0 atom stereocenters. The van der Waals surface area contributed by atoms with E-state index in [0.29, 0.717) is 20.9 Å². The van der Waals surface area contributed by atoms with E-state index in [-0.39, 0.29) is 0 Å². The van der Waals surface area contributed by atoms with Gasteiger partial charge in [-0.05, 0) is 13.0 Å². The molecular weight excluding hydrogens is 266 g/mol. The summed E-state index contributed by atoms with van der Waals surface area (Å²) >= 11 is 18.0. The molecule has 2 rings (SSSR count). The summed E-state index contributed by atoms with van der Waals surface area (Å²) in [6.07, 6.45) is 1.40. The Hall–Kier alpha value is -0.830. The van der Waals surface area contributed by atoms with Crippen LogP contribution < -0.4 is 0 Å². The maximum Gasteiger partial charge on any atom is 0.135 e. The van der Waals surface area contributed by atoms with Crippen molar-refractivity contribution in [1.82, 2.24) is 9.97 Å². The standard InChI is InChI=1S/C11H7Cl3N2/c1-6-10(15-5-16-11(6)14)7-3-2-4-8(12)9(7)13/h2-5H,1H3. The lowest BCUT2D eigenvalue weighted by Crippen LogP contribution is -1.92. The molecule has 0 fully saturated rings. The van der Waals surface area contributed by atoms with Crippen LogP contribution in [0.4, 0.5) is 0 Å². The van der Waals surface area contributed by atoms with Gasteiger partial charge in [-0.1, -0.05) is 46.9 Å². The van der Waals surface area contributed by atoms with Gasteiger partial charge in [0.05, 0.1) is 15.7 Å². The normalized spacial score (nSPS) is 10.5. The van der Waals surface area contributed by atoms with E-state index in [1.165, 1.54) is 6.33 Å². The van der Waals surface area contributed by atoms with Crippen LogP contribution in [0.15, 0.2) is 24.5 Å². The summed E-state index contributed by atoms with van der Waals surface area (Å²) in [4.78, 5) is 8.07. The van der Waals surface area contributed by atoms with Crippen molar-refractivity contribution in [2.75, 3.05) is 0 Å². The highest BCUT2D eigenvalue weighted by molar-refractivity contribution is 6.43. The number of nitrogens with zero attached hydrogens (tertiary/aromatic N) is 2. The van der Waals surface area contributed by atoms with Crippen LogP contribution in [0.5, 0.6) is 0 Å². The topological polar surface area (TPSA) is 25.8 Å². The van der Waals surface area contributed by atoms with Gasteiger partial charge >= 0.3 is 0 Å². The van der Waals surface area contributed by atoms with E-state index in [0.717, 1.165) is 11.1 Å². The molecule has 82 valence electrons. The van der Waals surface area contributed by atoms with Crippen LogP contribution in [0, 0.1) is 6.92 Å². The van der Waals surface area contributed by atoms with Crippen molar-refractivity contribution in [2.24, 2.45) is 0 Å². The van der Waals surface area contributed by atoms with Crippen LogP contribution in [-0.4, -0.2) is 9.97 Å². The number of hydrogen-bond acceptors (Lipinski definition) is 2. The van der Waals surface area contributed by atoms with Crippen LogP contribution in [0.3, 0.4) is 0 Å². The van der Waals surface area contributed by atoms with Gasteiger partial charge in [-0.3, -0.25) is 0 Å². The van der Waals surface area contributed by atoms with Crippen molar-refractivity contribution in [3.63, 3.8) is 0 Å². The SMILES string of the molecule is Cc1c(Cl)ncnc1-c1cccc(Cl)c1Cl. The van der Waals surface area contributed by atoms with Crippen molar-refractivity contribution in [3.8, 4) is 11.3 Å². The minimum atomic E-state index is 0.418. The highest BCUT2D eigenvalue weighted by atomic mass is 35.5. The summed E-state index contributed by atoms with van der Waals surface area (Å²) in [6.45, 7) is 1.84. The number of benzene rings is 1. The predicted octanol–water partition coefficient (Wildman–Crippen LogP) is 4.41. The second kappa shape index (κ2) is 4.58. The summed E-state index contributed by atoms with van der Waals surface area (Å²) in [5.74, 6) is 0.